The molecule has 12 heavy (non-hydrogen) atoms. The maximum absolute atomic E-state index is 12.8. The van der Waals surface area contributed by atoms with Crippen molar-refractivity contribution in [2.45, 2.75) is 18.4 Å². The molecule has 1 nitrogen and oxygen atoms in total. The molecule has 1 aliphatic carbocycles. The van der Waals surface area contributed by atoms with E-state index in [2.05, 4.69) is 5.32 Å². The Morgan fingerprint density at radius 1 is 1.42 bits per heavy atom. The second-order valence-electron chi connectivity index (χ2n) is 3.34. The lowest BCUT2D eigenvalue weighted by molar-refractivity contribution is 0.571. The summed E-state index contributed by atoms with van der Waals surface area (Å²) in [6.07, 6.45) is 2.24. The maximum Gasteiger partial charge on any atom is 0.123 e. The summed E-state index contributed by atoms with van der Waals surface area (Å²) in [6.45, 7) is 0. The molecule has 1 fully saturated rings. The van der Waals surface area contributed by atoms with Gasteiger partial charge in [0.2, 0.25) is 0 Å². The summed E-state index contributed by atoms with van der Waals surface area (Å²) in [5.74, 6) is -0.144. The van der Waals surface area contributed by atoms with Crippen LogP contribution in [0.5, 0.6) is 0 Å². The van der Waals surface area contributed by atoms with Crippen molar-refractivity contribution in [1.29, 1.82) is 0 Å². The highest BCUT2D eigenvalue weighted by atomic mass is 19.1. The minimum absolute atomic E-state index is 0.0854. The van der Waals surface area contributed by atoms with Crippen molar-refractivity contribution in [1.82, 2.24) is 5.32 Å². The minimum atomic E-state index is -0.144. The van der Waals surface area contributed by atoms with Crippen LogP contribution >= 0.6 is 0 Å². The van der Waals surface area contributed by atoms with Gasteiger partial charge >= 0.3 is 0 Å². The molecule has 0 bridgehead atoms. The van der Waals surface area contributed by atoms with Gasteiger partial charge in [0.25, 0.3) is 0 Å². The summed E-state index contributed by atoms with van der Waals surface area (Å²) in [5, 5.41) is 3.23. The van der Waals surface area contributed by atoms with Crippen LogP contribution in [0.3, 0.4) is 0 Å². The average molecular weight is 165 g/mol. The molecule has 2 heteroatoms. The summed E-state index contributed by atoms with van der Waals surface area (Å²) < 4.78 is 12.8. The van der Waals surface area contributed by atoms with Gasteiger partial charge in [-0.25, -0.2) is 4.39 Å². The van der Waals surface area contributed by atoms with Gasteiger partial charge in [0.05, 0.1) is 0 Å². The Morgan fingerprint density at radius 2 is 2.17 bits per heavy atom. The Bertz CT molecular complexity index is 292. The van der Waals surface area contributed by atoms with Crippen molar-refractivity contribution in [2.24, 2.45) is 0 Å². The van der Waals surface area contributed by atoms with Gasteiger partial charge < -0.3 is 5.32 Å². The van der Waals surface area contributed by atoms with Crippen LogP contribution in [-0.2, 0) is 5.54 Å². The van der Waals surface area contributed by atoms with Crippen molar-refractivity contribution >= 4 is 0 Å². The molecule has 0 heterocycles. The lowest BCUT2D eigenvalue weighted by Crippen LogP contribution is -2.24. The fourth-order valence-electron chi connectivity index (χ4n) is 1.59. The first-order chi connectivity index (χ1) is 5.77. The zero-order valence-electron chi connectivity index (χ0n) is 7.10. The lowest BCUT2D eigenvalue weighted by atomic mass is 10.1. The van der Waals surface area contributed by atoms with Crippen molar-refractivity contribution < 1.29 is 4.39 Å². The summed E-state index contributed by atoms with van der Waals surface area (Å²) in [7, 11) is 1.93. The van der Waals surface area contributed by atoms with Crippen LogP contribution in [0.1, 0.15) is 18.4 Å². The largest absolute Gasteiger partial charge is 0.310 e. The molecule has 1 N–H and O–H groups in total. The van der Waals surface area contributed by atoms with Gasteiger partial charge in [-0.05, 0) is 37.6 Å². The Balaban J connectivity index is 2.34. The van der Waals surface area contributed by atoms with E-state index in [4.69, 9.17) is 0 Å². The molecule has 0 radical (unpaired) electrons. The van der Waals surface area contributed by atoms with E-state index >= 15 is 0 Å². The molecule has 0 spiro atoms. The molecule has 0 aliphatic heterocycles. The quantitative estimate of drug-likeness (QED) is 0.707. The monoisotopic (exact) mass is 165 g/mol. The van der Waals surface area contributed by atoms with Crippen LogP contribution in [0.15, 0.2) is 24.3 Å². The molecular weight excluding hydrogens is 153 g/mol. The third kappa shape index (κ3) is 1.12. The number of benzene rings is 1. The maximum atomic E-state index is 12.8. The fraction of sp³-hybridized carbons (Fsp3) is 0.400. The predicted molar refractivity (Wildman–Crippen MR) is 46.4 cm³/mol. The van der Waals surface area contributed by atoms with E-state index in [1.54, 1.807) is 12.1 Å². The van der Waals surface area contributed by atoms with Crippen LogP contribution in [0.2, 0.25) is 0 Å². The summed E-state index contributed by atoms with van der Waals surface area (Å²) >= 11 is 0. The normalized spacial score (nSPS) is 19.2. The summed E-state index contributed by atoms with van der Waals surface area (Å²) in [4.78, 5) is 0. The molecule has 0 unspecified atom stereocenters. The third-order valence-electron chi connectivity index (χ3n) is 2.61. The van der Waals surface area contributed by atoms with Crippen LogP contribution in [0.25, 0.3) is 0 Å². The first-order valence-corrected chi connectivity index (χ1v) is 4.22. The smallest absolute Gasteiger partial charge is 0.123 e. The van der Waals surface area contributed by atoms with Gasteiger partial charge in [0.15, 0.2) is 0 Å². The predicted octanol–water partition coefficient (Wildman–Crippen LogP) is 2.03. The van der Waals surface area contributed by atoms with Crippen molar-refractivity contribution in [2.75, 3.05) is 7.05 Å². The molecule has 0 saturated heterocycles. The molecule has 1 aliphatic rings. The lowest BCUT2D eigenvalue weighted by Gasteiger charge is -2.13. The number of hydrogen-bond donors (Lipinski definition) is 1. The molecule has 0 aromatic heterocycles. The van der Waals surface area contributed by atoms with E-state index in [0.717, 1.165) is 18.4 Å². The highest BCUT2D eigenvalue weighted by Crippen LogP contribution is 2.44. The average Bonchev–Trinajstić information content (AvgIpc) is 2.84. The summed E-state index contributed by atoms with van der Waals surface area (Å²) in [6, 6.07) is 6.84. The SMILES string of the molecule is CNC1(c2cccc(F)c2)CC1. The van der Waals surface area contributed by atoms with Gasteiger partial charge in [-0.3, -0.25) is 0 Å². The third-order valence-corrected chi connectivity index (χ3v) is 2.61. The highest BCUT2D eigenvalue weighted by Gasteiger charge is 2.42. The molecule has 0 amide bonds. The molecular formula is C10H12FN. The Morgan fingerprint density at radius 3 is 2.67 bits per heavy atom. The standard InChI is InChI=1S/C10H12FN/c1-12-10(5-6-10)8-3-2-4-9(11)7-8/h2-4,7,12H,5-6H2,1H3. The fourth-order valence-corrected chi connectivity index (χ4v) is 1.59. The van der Waals surface area contributed by atoms with Crippen LogP contribution in [-0.4, -0.2) is 7.05 Å². The second-order valence-corrected chi connectivity index (χ2v) is 3.34. The van der Waals surface area contributed by atoms with Crippen molar-refractivity contribution in [3.05, 3.63) is 35.6 Å². The van der Waals surface area contributed by atoms with Crippen LogP contribution < -0.4 is 5.32 Å². The number of nitrogens with one attached hydrogen (secondary N) is 1. The van der Waals surface area contributed by atoms with Gasteiger partial charge in [-0.1, -0.05) is 12.1 Å². The van der Waals surface area contributed by atoms with Gasteiger partial charge in [0.1, 0.15) is 5.82 Å². The first kappa shape index (κ1) is 7.74. The topological polar surface area (TPSA) is 12.0 Å². The Labute approximate surface area is 71.6 Å². The van der Waals surface area contributed by atoms with E-state index in [1.165, 1.54) is 6.07 Å². The van der Waals surface area contributed by atoms with Gasteiger partial charge in [0, 0.05) is 5.54 Å². The Hall–Kier alpha value is -0.890. The van der Waals surface area contributed by atoms with E-state index < -0.39 is 0 Å². The van der Waals surface area contributed by atoms with Gasteiger partial charge in [-0.2, -0.15) is 0 Å². The number of hydrogen-bond acceptors (Lipinski definition) is 1. The van der Waals surface area contributed by atoms with E-state index in [9.17, 15) is 4.39 Å². The van der Waals surface area contributed by atoms with Crippen LogP contribution in [0, 0.1) is 5.82 Å². The molecule has 0 atom stereocenters. The molecule has 1 saturated carbocycles. The molecule has 64 valence electrons. The second kappa shape index (κ2) is 2.56. The summed E-state index contributed by atoms with van der Waals surface area (Å²) in [5.41, 5.74) is 1.16. The number of rotatable bonds is 2. The van der Waals surface area contributed by atoms with Crippen LogP contribution in [0.4, 0.5) is 4.39 Å². The first-order valence-electron chi connectivity index (χ1n) is 4.22. The van der Waals surface area contributed by atoms with E-state index in [1.807, 2.05) is 13.1 Å². The zero-order chi connectivity index (χ0) is 8.60. The zero-order valence-corrected chi connectivity index (χ0v) is 7.10. The highest BCUT2D eigenvalue weighted by molar-refractivity contribution is 5.30. The van der Waals surface area contributed by atoms with E-state index in [-0.39, 0.29) is 11.4 Å². The molecule has 2 rings (SSSR count). The number of halogens is 1. The Kier molecular flexibility index (Phi) is 1.65. The molecule has 1 aromatic rings. The van der Waals surface area contributed by atoms with Gasteiger partial charge in [-0.15, -0.1) is 0 Å². The molecule has 1 aromatic carbocycles. The van der Waals surface area contributed by atoms with Crippen molar-refractivity contribution in [3.63, 3.8) is 0 Å². The van der Waals surface area contributed by atoms with Crippen molar-refractivity contribution in [3.8, 4) is 0 Å². The van der Waals surface area contributed by atoms with E-state index in [0.29, 0.717) is 0 Å². The minimum Gasteiger partial charge on any atom is -0.310 e.